The van der Waals surface area contributed by atoms with Crippen molar-refractivity contribution in [2.24, 2.45) is 0 Å². The van der Waals surface area contributed by atoms with Crippen LogP contribution in [0, 0.1) is 0 Å². The number of aliphatic hydroxyl groups excluding tert-OH is 1. The summed E-state index contributed by atoms with van der Waals surface area (Å²) in [4.78, 5) is 25.0. The molecule has 3 N–H and O–H groups in total. The van der Waals surface area contributed by atoms with Gasteiger partial charge in [0.1, 0.15) is 22.1 Å². The monoisotopic (exact) mass is 447 g/mol. The molecule has 0 radical (unpaired) electrons. The largest absolute Gasteiger partial charge is 0.495 e. The van der Waals surface area contributed by atoms with E-state index < -0.39 is 21.8 Å². The Morgan fingerprint density at radius 1 is 1.03 bits per heavy atom. The van der Waals surface area contributed by atoms with Gasteiger partial charge >= 0.3 is 0 Å². The van der Waals surface area contributed by atoms with E-state index in [1.165, 1.54) is 26.4 Å². The van der Waals surface area contributed by atoms with E-state index in [1.54, 1.807) is 30.3 Å². The quantitative estimate of drug-likeness (QED) is 0.488. The molecule has 0 aliphatic carbocycles. The average Bonchev–Trinajstić information content (AvgIpc) is 3.01. The summed E-state index contributed by atoms with van der Waals surface area (Å²) in [5.41, 5.74) is 0.544. The summed E-state index contributed by atoms with van der Waals surface area (Å²) in [5.74, 6) is -1.09. The van der Waals surface area contributed by atoms with Crippen LogP contribution in [0.5, 0.6) is 11.5 Å². The number of rotatable bonds is 9. The first-order valence-corrected chi connectivity index (χ1v) is 10.6. The zero-order chi connectivity index (χ0) is 22.6. The van der Waals surface area contributed by atoms with Crippen molar-refractivity contribution in [1.29, 1.82) is 0 Å². The highest BCUT2D eigenvalue weighted by molar-refractivity contribution is 7.92. The zero-order valence-electron chi connectivity index (χ0n) is 16.8. The van der Waals surface area contributed by atoms with Gasteiger partial charge < -0.3 is 19.9 Å². The number of benzene rings is 2. The number of ether oxygens (including phenoxy) is 2. The first kappa shape index (κ1) is 22.1. The summed E-state index contributed by atoms with van der Waals surface area (Å²) in [7, 11) is -1.38. The molecule has 1 aliphatic heterocycles. The molecular formula is C20H21N3O7S. The molecule has 0 bridgehead atoms. The first-order chi connectivity index (χ1) is 14.8. The zero-order valence-corrected chi connectivity index (χ0v) is 17.6. The molecule has 0 spiro atoms. The number of carbonyl (C=O) groups is 2. The molecule has 0 unspecified atom stereocenters. The average molecular weight is 447 g/mol. The lowest BCUT2D eigenvalue weighted by Crippen LogP contribution is -2.34. The summed E-state index contributed by atoms with van der Waals surface area (Å²) in [6.07, 6.45) is 1.09. The van der Waals surface area contributed by atoms with Crippen molar-refractivity contribution >= 4 is 33.2 Å². The van der Waals surface area contributed by atoms with E-state index >= 15 is 0 Å². The third kappa shape index (κ3) is 4.62. The predicted molar refractivity (Wildman–Crippen MR) is 112 cm³/mol. The fourth-order valence-corrected chi connectivity index (χ4v) is 4.17. The second kappa shape index (κ2) is 9.06. The standard InChI is InChI=1S/C20H21N3O7S/c1-29-16-12-18(31(27,28)22-13-6-4-3-5-7-13)17(30-2)10-14(16)21-15-11-19(25)23(8-9-24)20(15)26/h3-7,10-12,21-22,24H,8-9H2,1-2H3. The Balaban J connectivity index is 1.95. The number of sulfonamides is 1. The van der Waals surface area contributed by atoms with Crippen molar-refractivity contribution in [2.45, 2.75) is 4.90 Å². The van der Waals surface area contributed by atoms with Gasteiger partial charge in [0, 0.05) is 23.9 Å². The van der Waals surface area contributed by atoms with Crippen molar-refractivity contribution in [2.75, 3.05) is 37.4 Å². The molecule has 0 fully saturated rings. The summed E-state index contributed by atoms with van der Waals surface area (Å²) in [6.45, 7) is -0.501. The van der Waals surface area contributed by atoms with E-state index in [1.807, 2.05) is 0 Å². The molecule has 0 atom stereocenters. The highest BCUT2D eigenvalue weighted by Crippen LogP contribution is 2.37. The highest BCUT2D eigenvalue weighted by Gasteiger charge is 2.32. The molecule has 3 rings (SSSR count). The fraction of sp³-hybridized carbons (Fsp3) is 0.200. The molecule has 2 aromatic carbocycles. The number of aliphatic hydroxyl groups is 1. The van der Waals surface area contributed by atoms with Gasteiger partial charge in [0.05, 0.1) is 33.1 Å². The topological polar surface area (TPSA) is 134 Å². The molecule has 0 saturated heterocycles. The molecular weight excluding hydrogens is 426 g/mol. The lowest BCUT2D eigenvalue weighted by atomic mass is 10.2. The minimum absolute atomic E-state index is 0.00341. The molecule has 164 valence electrons. The van der Waals surface area contributed by atoms with Gasteiger partial charge in [0.15, 0.2) is 0 Å². The van der Waals surface area contributed by atoms with Gasteiger partial charge in [-0.15, -0.1) is 0 Å². The van der Waals surface area contributed by atoms with Crippen LogP contribution in [0.2, 0.25) is 0 Å². The minimum Gasteiger partial charge on any atom is -0.495 e. The number of methoxy groups -OCH3 is 2. The summed E-state index contributed by atoms with van der Waals surface area (Å²) in [5, 5.41) is 11.8. The van der Waals surface area contributed by atoms with Crippen LogP contribution < -0.4 is 19.5 Å². The van der Waals surface area contributed by atoms with E-state index in [4.69, 9.17) is 14.6 Å². The van der Waals surface area contributed by atoms with Crippen LogP contribution in [-0.4, -0.2) is 57.6 Å². The summed E-state index contributed by atoms with van der Waals surface area (Å²) < 4.78 is 38.8. The van der Waals surface area contributed by atoms with Crippen molar-refractivity contribution < 1.29 is 32.6 Å². The van der Waals surface area contributed by atoms with Gasteiger partial charge in [-0.25, -0.2) is 8.42 Å². The normalized spacial score (nSPS) is 13.8. The maximum Gasteiger partial charge on any atom is 0.277 e. The van der Waals surface area contributed by atoms with Crippen LogP contribution in [0.1, 0.15) is 0 Å². The van der Waals surface area contributed by atoms with E-state index in [2.05, 4.69) is 10.0 Å². The molecule has 10 nitrogen and oxygen atoms in total. The first-order valence-electron chi connectivity index (χ1n) is 9.10. The van der Waals surface area contributed by atoms with Gasteiger partial charge in [-0.2, -0.15) is 0 Å². The molecule has 1 aliphatic rings. The fourth-order valence-electron chi connectivity index (χ4n) is 2.95. The Bertz CT molecular complexity index is 1130. The number of nitrogens with one attached hydrogen (secondary N) is 2. The van der Waals surface area contributed by atoms with Crippen LogP contribution >= 0.6 is 0 Å². The summed E-state index contributed by atoms with van der Waals surface area (Å²) in [6, 6.07) is 10.9. The number of amides is 2. The number of β-amino-alcohol motifs (C(OH)–C–C–N with tert-alkyl or cyclic N) is 1. The van der Waals surface area contributed by atoms with Crippen molar-refractivity contribution in [3.05, 3.63) is 54.2 Å². The Morgan fingerprint density at radius 3 is 2.32 bits per heavy atom. The Hall–Kier alpha value is -3.57. The molecule has 0 saturated carbocycles. The molecule has 0 aromatic heterocycles. The maximum absolute atomic E-state index is 12.9. The van der Waals surface area contributed by atoms with Crippen LogP contribution in [0.3, 0.4) is 0 Å². The van der Waals surface area contributed by atoms with Gasteiger partial charge in [-0.05, 0) is 12.1 Å². The molecule has 1 heterocycles. The molecule has 11 heteroatoms. The van der Waals surface area contributed by atoms with Gasteiger partial charge in [-0.3, -0.25) is 19.2 Å². The second-order valence-electron chi connectivity index (χ2n) is 6.38. The Morgan fingerprint density at radius 2 is 1.71 bits per heavy atom. The van der Waals surface area contributed by atoms with Gasteiger partial charge in [0.25, 0.3) is 21.8 Å². The number of anilines is 2. The number of nitrogens with zero attached hydrogens (tertiary/aromatic N) is 1. The van der Waals surface area contributed by atoms with E-state index in [-0.39, 0.29) is 40.9 Å². The number of para-hydroxylation sites is 1. The minimum atomic E-state index is -4.02. The van der Waals surface area contributed by atoms with E-state index in [9.17, 15) is 18.0 Å². The van der Waals surface area contributed by atoms with Gasteiger partial charge in [-0.1, -0.05) is 18.2 Å². The molecule has 2 amide bonds. The second-order valence-corrected chi connectivity index (χ2v) is 8.03. The van der Waals surface area contributed by atoms with E-state index in [0.29, 0.717) is 5.69 Å². The number of hydrogen-bond acceptors (Lipinski definition) is 8. The number of carbonyl (C=O) groups excluding carboxylic acids is 2. The Kier molecular flexibility index (Phi) is 6.47. The maximum atomic E-state index is 12.9. The summed E-state index contributed by atoms with van der Waals surface area (Å²) >= 11 is 0. The van der Waals surface area contributed by atoms with Crippen LogP contribution in [-0.2, 0) is 19.6 Å². The van der Waals surface area contributed by atoms with Gasteiger partial charge in [0.2, 0.25) is 0 Å². The highest BCUT2D eigenvalue weighted by atomic mass is 32.2. The Labute approximate surface area is 179 Å². The van der Waals surface area contributed by atoms with Crippen LogP contribution in [0.15, 0.2) is 59.1 Å². The third-order valence-electron chi connectivity index (χ3n) is 4.40. The molecule has 31 heavy (non-hydrogen) atoms. The SMILES string of the molecule is COc1cc(S(=O)(=O)Nc2ccccc2)c(OC)cc1NC1=CC(=O)N(CCO)C1=O. The van der Waals surface area contributed by atoms with Crippen LogP contribution in [0.4, 0.5) is 11.4 Å². The van der Waals surface area contributed by atoms with Crippen LogP contribution in [0.25, 0.3) is 0 Å². The number of hydrogen-bond donors (Lipinski definition) is 3. The lowest BCUT2D eigenvalue weighted by Gasteiger charge is -2.18. The van der Waals surface area contributed by atoms with Crippen molar-refractivity contribution in [3.63, 3.8) is 0 Å². The number of imide groups is 1. The lowest BCUT2D eigenvalue weighted by molar-refractivity contribution is -0.137. The van der Waals surface area contributed by atoms with Crippen molar-refractivity contribution in [3.8, 4) is 11.5 Å². The predicted octanol–water partition coefficient (Wildman–Crippen LogP) is 1.16. The third-order valence-corrected chi connectivity index (χ3v) is 5.81. The smallest absolute Gasteiger partial charge is 0.277 e. The van der Waals surface area contributed by atoms with E-state index in [0.717, 1.165) is 11.0 Å². The van der Waals surface area contributed by atoms with Crippen molar-refractivity contribution in [1.82, 2.24) is 4.90 Å². The molecule has 2 aromatic rings.